The number of carbonyl (C=O) groups excluding carboxylic acids is 1. The normalized spacial score (nSPS) is 10.4. The van der Waals surface area contributed by atoms with E-state index < -0.39 is 0 Å². The number of nitrogens with one attached hydrogen (secondary N) is 1. The second-order valence-corrected chi connectivity index (χ2v) is 6.33. The van der Waals surface area contributed by atoms with Gasteiger partial charge in [0.2, 0.25) is 0 Å². The number of nitrogens with zero attached hydrogens (tertiary/aromatic N) is 1. The number of aryl methyl sites for hydroxylation is 2. The summed E-state index contributed by atoms with van der Waals surface area (Å²) in [6, 6.07) is 5.98. The minimum absolute atomic E-state index is 0.230. The maximum Gasteiger partial charge on any atom is 0.265 e. The Hall–Kier alpha value is -1.92. The van der Waals surface area contributed by atoms with Crippen LogP contribution in [0.1, 0.15) is 20.8 Å². The molecule has 0 saturated carbocycles. The van der Waals surface area contributed by atoms with Crippen LogP contribution in [0.2, 0.25) is 0 Å². The van der Waals surface area contributed by atoms with Gasteiger partial charge >= 0.3 is 0 Å². The molecule has 1 amide bonds. The molecule has 0 atom stereocenters. The summed E-state index contributed by atoms with van der Waals surface area (Å²) in [5.41, 5.74) is 9.34. The zero-order valence-corrected chi connectivity index (χ0v) is 13.6. The van der Waals surface area contributed by atoms with E-state index in [-0.39, 0.29) is 5.91 Å². The molecule has 21 heavy (non-hydrogen) atoms. The number of thiazole rings is 1. The molecule has 0 aliphatic rings. The Kier molecular flexibility index (Phi) is 4.59. The fourth-order valence-electron chi connectivity index (χ4n) is 1.90. The summed E-state index contributed by atoms with van der Waals surface area (Å²) in [5, 5.41) is 2.72. The monoisotopic (exact) mass is 319 g/mol. The fourth-order valence-corrected chi connectivity index (χ4v) is 3.19. The van der Waals surface area contributed by atoms with Crippen molar-refractivity contribution < 1.29 is 4.79 Å². The van der Waals surface area contributed by atoms with Crippen LogP contribution in [0.4, 0.5) is 5.82 Å². The Balaban J connectivity index is 2.48. The molecule has 1 heterocycles. The maximum absolute atomic E-state index is 12.1. The highest BCUT2D eigenvalue weighted by molar-refractivity contribution is 7.73. The third-order valence-corrected chi connectivity index (χ3v) is 4.60. The van der Waals surface area contributed by atoms with E-state index in [1.807, 2.05) is 32.0 Å². The molecule has 3 N–H and O–H groups in total. The lowest BCUT2D eigenvalue weighted by atomic mass is 10.1. The van der Waals surface area contributed by atoms with Gasteiger partial charge in [0, 0.05) is 12.2 Å². The van der Waals surface area contributed by atoms with E-state index in [9.17, 15) is 4.79 Å². The SMILES string of the molecule is C=CCNC(=O)c1sc(=S)n(-c2ccc(C)c(C)c2)c1N. The molecule has 0 saturated heterocycles. The third-order valence-electron chi connectivity index (χ3n) is 3.21. The lowest BCUT2D eigenvalue weighted by Crippen LogP contribution is -2.23. The van der Waals surface area contributed by atoms with Crippen LogP contribution in [0.3, 0.4) is 0 Å². The van der Waals surface area contributed by atoms with E-state index in [0.717, 1.165) is 11.3 Å². The molecule has 0 aliphatic carbocycles. The van der Waals surface area contributed by atoms with Crippen molar-refractivity contribution in [3.05, 3.63) is 50.8 Å². The smallest absolute Gasteiger partial charge is 0.265 e. The van der Waals surface area contributed by atoms with Gasteiger partial charge in [0.15, 0.2) is 3.95 Å². The van der Waals surface area contributed by atoms with E-state index in [2.05, 4.69) is 11.9 Å². The average Bonchev–Trinajstić information content (AvgIpc) is 2.75. The largest absolute Gasteiger partial charge is 0.383 e. The molecular weight excluding hydrogens is 302 g/mol. The summed E-state index contributed by atoms with van der Waals surface area (Å²) >= 11 is 6.56. The minimum atomic E-state index is -0.230. The number of nitrogens with two attached hydrogens (primary N) is 1. The van der Waals surface area contributed by atoms with Crippen molar-refractivity contribution in [1.82, 2.24) is 9.88 Å². The predicted molar refractivity (Wildman–Crippen MR) is 90.9 cm³/mol. The standard InChI is InChI=1S/C15H17N3OS2/c1-4-7-17-14(19)12-13(16)18(15(20)21-12)11-6-5-9(2)10(3)8-11/h4-6,8H,1,7,16H2,2-3H3,(H,17,19). The molecule has 0 unspecified atom stereocenters. The summed E-state index contributed by atoms with van der Waals surface area (Å²) < 4.78 is 2.29. The van der Waals surface area contributed by atoms with Crippen LogP contribution < -0.4 is 11.1 Å². The highest BCUT2D eigenvalue weighted by Gasteiger charge is 2.17. The van der Waals surface area contributed by atoms with Gasteiger partial charge < -0.3 is 11.1 Å². The van der Waals surface area contributed by atoms with E-state index in [1.165, 1.54) is 16.9 Å². The minimum Gasteiger partial charge on any atom is -0.383 e. The number of hydrogen-bond donors (Lipinski definition) is 2. The molecule has 0 spiro atoms. The Labute approximate surface area is 132 Å². The zero-order valence-electron chi connectivity index (χ0n) is 12.0. The van der Waals surface area contributed by atoms with E-state index in [4.69, 9.17) is 18.0 Å². The van der Waals surface area contributed by atoms with Crippen LogP contribution in [-0.2, 0) is 0 Å². The van der Waals surface area contributed by atoms with Gasteiger partial charge in [-0.2, -0.15) is 0 Å². The molecule has 2 aromatic rings. The lowest BCUT2D eigenvalue weighted by Gasteiger charge is -2.09. The van der Waals surface area contributed by atoms with Crippen molar-refractivity contribution in [2.45, 2.75) is 13.8 Å². The van der Waals surface area contributed by atoms with Crippen molar-refractivity contribution in [2.75, 3.05) is 12.3 Å². The van der Waals surface area contributed by atoms with Crippen molar-refractivity contribution in [1.29, 1.82) is 0 Å². The second-order valence-electron chi connectivity index (χ2n) is 4.69. The quantitative estimate of drug-likeness (QED) is 0.671. The fraction of sp³-hybridized carbons (Fsp3) is 0.200. The number of nitrogen functional groups attached to an aromatic ring is 1. The molecule has 110 valence electrons. The lowest BCUT2D eigenvalue weighted by molar-refractivity contribution is 0.0962. The van der Waals surface area contributed by atoms with Crippen LogP contribution in [0.15, 0.2) is 30.9 Å². The highest BCUT2D eigenvalue weighted by atomic mass is 32.1. The molecule has 0 radical (unpaired) electrons. The molecule has 0 aliphatic heterocycles. The van der Waals surface area contributed by atoms with Gasteiger partial charge in [0.1, 0.15) is 10.7 Å². The number of rotatable bonds is 4. The maximum atomic E-state index is 12.1. The van der Waals surface area contributed by atoms with Crippen molar-refractivity contribution in [3.8, 4) is 5.69 Å². The van der Waals surface area contributed by atoms with Gasteiger partial charge in [-0.05, 0) is 49.3 Å². The number of anilines is 1. The second kappa shape index (κ2) is 6.24. The number of hydrogen-bond acceptors (Lipinski definition) is 4. The molecule has 6 heteroatoms. The van der Waals surface area contributed by atoms with Crippen LogP contribution in [0.5, 0.6) is 0 Å². The van der Waals surface area contributed by atoms with Crippen LogP contribution in [-0.4, -0.2) is 17.0 Å². The summed E-state index contributed by atoms with van der Waals surface area (Å²) in [4.78, 5) is 12.5. The molecule has 1 aromatic carbocycles. The Bertz CT molecular complexity index is 759. The molecule has 4 nitrogen and oxygen atoms in total. The van der Waals surface area contributed by atoms with Gasteiger partial charge in [-0.3, -0.25) is 9.36 Å². The Morgan fingerprint density at radius 2 is 2.19 bits per heavy atom. The first-order valence-electron chi connectivity index (χ1n) is 6.43. The Morgan fingerprint density at radius 3 is 2.81 bits per heavy atom. The predicted octanol–water partition coefficient (Wildman–Crippen LogP) is 3.38. The third kappa shape index (κ3) is 3.06. The van der Waals surface area contributed by atoms with Crippen molar-refractivity contribution in [2.24, 2.45) is 0 Å². The molecule has 0 fully saturated rings. The first kappa shape index (κ1) is 15.5. The summed E-state index contributed by atoms with van der Waals surface area (Å²) in [7, 11) is 0. The van der Waals surface area contributed by atoms with Crippen LogP contribution in [0.25, 0.3) is 5.69 Å². The van der Waals surface area contributed by atoms with Crippen molar-refractivity contribution in [3.63, 3.8) is 0 Å². The van der Waals surface area contributed by atoms with Gasteiger partial charge in [0.25, 0.3) is 5.91 Å². The van der Waals surface area contributed by atoms with Gasteiger partial charge in [0.05, 0.1) is 0 Å². The zero-order chi connectivity index (χ0) is 15.6. The number of benzene rings is 1. The number of carbonyl (C=O) groups is 1. The molecule has 0 bridgehead atoms. The van der Waals surface area contributed by atoms with Crippen molar-refractivity contribution >= 4 is 35.3 Å². The average molecular weight is 319 g/mol. The van der Waals surface area contributed by atoms with E-state index in [1.54, 1.807) is 10.6 Å². The van der Waals surface area contributed by atoms with E-state index in [0.29, 0.717) is 21.2 Å². The summed E-state index contributed by atoms with van der Waals surface area (Å²) in [5.74, 6) is 0.140. The van der Waals surface area contributed by atoms with Gasteiger partial charge in [-0.15, -0.1) is 6.58 Å². The van der Waals surface area contributed by atoms with E-state index >= 15 is 0 Å². The molecular formula is C15H17N3OS2. The summed E-state index contributed by atoms with van der Waals surface area (Å²) in [6.45, 7) is 8.04. The van der Waals surface area contributed by atoms with Gasteiger partial charge in [-0.1, -0.05) is 23.5 Å². The number of aromatic nitrogens is 1. The van der Waals surface area contributed by atoms with Crippen LogP contribution in [0, 0.1) is 17.8 Å². The first-order chi connectivity index (χ1) is 9.95. The van der Waals surface area contributed by atoms with Crippen LogP contribution >= 0.6 is 23.6 Å². The molecule has 2 rings (SSSR count). The topological polar surface area (TPSA) is 60.0 Å². The summed E-state index contributed by atoms with van der Waals surface area (Å²) in [6.07, 6.45) is 1.62. The Morgan fingerprint density at radius 1 is 1.48 bits per heavy atom. The van der Waals surface area contributed by atoms with Gasteiger partial charge in [-0.25, -0.2) is 0 Å². The first-order valence-corrected chi connectivity index (χ1v) is 7.66. The number of amides is 1. The molecule has 1 aromatic heterocycles. The highest BCUT2D eigenvalue weighted by Crippen LogP contribution is 2.27.